The summed E-state index contributed by atoms with van der Waals surface area (Å²) < 4.78 is 5.44. The predicted octanol–water partition coefficient (Wildman–Crippen LogP) is 4.58. The van der Waals surface area contributed by atoms with Crippen molar-refractivity contribution in [1.82, 2.24) is 10.5 Å². The van der Waals surface area contributed by atoms with Gasteiger partial charge < -0.3 is 9.84 Å². The summed E-state index contributed by atoms with van der Waals surface area (Å²) in [6.45, 7) is 0.360. The third kappa shape index (κ3) is 5.60. The predicted molar refractivity (Wildman–Crippen MR) is 122 cm³/mol. The topological polar surface area (TPSA) is 80.7 Å². The molecule has 0 fully saturated rings. The van der Waals surface area contributed by atoms with Crippen LogP contribution in [0.2, 0.25) is 0 Å². The van der Waals surface area contributed by atoms with Crippen LogP contribution in [0.1, 0.15) is 41.2 Å². The van der Waals surface area contributed by atoms with Crippen molar-refractivity contribution >= 4 is 12.0 Å². The van der Waals surface area contributed by atoms with Gasteiger partial charge >= 0.3 is 5.97 Å². The average Bonchev–Trinajstić information content (AvgIpc) is 2.83. The van der Waals surface area contributed by atoms with E-state index in [2.05, 4.69) is 28.7 Å². The Bertz CT molecular complexity index is 1030. The summed E-state index contributed by atoms with van der Waals surface area (Å²) in [5.41, 5.74) is 8.75. The second kappa shape index (κ2) is 10.7. The van der Waals surface area contributed by atoms with Crippen molar-refractivity contribution < 1.29 is 19.5 Å². The minimum absolute atomic E-state index is 0.214. The molecule has 1 aromatic heterocycles. The number of aromatic nitrogens is 1. The molecule has 0 amide bonds. The molecule has 2 N–H and O–H groups in total. The van der Waals surface area contributed by atoms with E-state index in [0.717, 1.165) is 41.5 Å². The molecule has 0 spiro atoms. The molecule has 0 bridgehead atoms. The van der Waals surface area contributed by atoms with Gasteiger partial charge in [-0.15, -0.1) is 0 Å². The lowest BCUT2D eigenvalue weighted by molar-refractivity contribution is -0.139. The number of ether oxygens (including phenoxy) is 1. The van der Waals surface area contributed by atoms with Gasteiger partial charge in [0.1, 0.15) is 11.9 Å². The van der Waals surface area contributed by atoms with Gasteiger partial charge in [-0.1, -0.05) is 54.1 Å². The molecular formula is C26H26N2O4. The van der Waals surface area contributed by atoms with Crippen LogP contribution in [0.5, 0.6) is 5.75 Å². The first kappa shape index (κ1) is 21.7. The first-order valence-electron chi connectivity index (χ1n) is 10.7. The molecule has 0 radical (unpaired) electrons. The van der Waals surface area contributed by atoms with Crippen LogP contribution in [-0.2, 0) is 16.1 Å². The number of carboxylic acid groups (broad SMARTS) is 1. The summed E-state index contributed by atoms with van der Waals surface area (Å²) in [4.78, 5) is 21.0. The Hall–Kier alpha value is -3.48. The Morgan fingerprint density at radius 2 is 1.78 bits per heavy atom. The van der Waals surface area contributed by atoms with Crippen LogP contribution >= 0.6 is 0 Å². The van der Waals surface area contributed by atoms with Gasteiger partial charge in [-0.3, -0.25) is 9.82 Å². The van der Waals surface area contributed by atoms with Crippen molar-refractivity contribution in [1.29, 1.82) is 0 Å². The van der Waals surface area contributed by atoms with Crippen LogP contribution in [0, 0.1) is 0 Å². The van der Waals surface area contributed by atoms with Crippen LogP contribution in [0.4, 0.5) is 0 Å². The summed E-state index contributed by atoms with van der Waals surface area (Å²) in [6.07, 6.45) is 8.11. The maximum atomic E-state index is 10.8. The Morgan fingerprint density at radius 3 is 2.56 bits per heavy atom. The van der Waals surface area contributed by atoms with E-state index >= 15 is 0 Å². The van der Waals surface area contributed by atoms with Crippen LogP contribution < -0.4 is 10.2 Å². The van der Waals surface area contributed by atoms with Crippen molar-refractivity contribution in [3.8, 4) is 5.75 Å². The highest BCUT2D eigenvalue weighted by Gasteiger charge is 2.17. The molecule has 1 atom stereocenters. The highest BCUT2D eigenvalue weighted by molar-refractivity contribution is 5.69. The maximum Gasteiger partial charge on any atom is 0.341 e. The fraction of sp³-hybridized carbons (Fsp3) is 0.231. The van der Waals surface area contributed by atoms with E-state index in [1.807, 2.05) is 48.5 Å². The van der Waals surface area contributed by atoms with Gasteiger partial charge in [0, 0.05) is 24.5 Å². The lowest BCUT2D eigenvalue weighted by Gasteiger charge is -2.21. The van der Waals surface area contributed by atoms with Gasteiger partial charge in [-0.05, 0) is 54.2 Å². The van der Waals surface area contributed by atoms with E-state index in [1.165, 1.54) is 5.57 Å². The molecule has 1 unspecified atom stereocenters. The summed E-state index contributed by atoms with van der Waals surface area (Å²) >= 11 is 0. The molecule has 4 rings (SSSR count). The molecule has 3 aromatic rings. The minimum Gasteiger partial charge on any atom is -0.482 e. The fourth-order valence-corrected chi connectivity index (χ4v) is 3.88. The number of carbonyl (C=O) groups is 1. The molecule has 6 nitrogen and oxygen atoms in total. The van der Waals surface area contributed by atoms with Crippen molar-refractivity contribution in [3.05, 3.63) is 101 Å². The van der Waals surface area contributed by atoms with Crippen molar-refractivity contribution in [2.75, 3.05) is 13.2 Å². The molecule has 6 heteroatoms. The Morgan fingerprint density at radius 1 is 1.00 bits per heavy atom. The molecule has 2 aromatic carbocycles. The number of benzene rings is 2. The summed E-state index contributed by atoms with van der Waals surface area (Å²) in [6, 6.07) is 19.8. The van der Waals surface area contributed by atoms with Crippen molar-refractivity contribution in [3.63, 3.8) is 0 Å². The van der Waals surface area contributed by atoms with Crippen LogP contribution in [0.3, 0.4) is 0 Å². The van der Waals surface area contributed by atoms with Crippen molar-refractivity contribution in [2.24, 2.45) is 0 Å². The SMILES string of the molecule is O=C(O)COc1cccc2c1CCC(CCNOC(c1ccccc1)c1ccncc1)=C2. The number of fused-ring (bicyclic) bond motifs is 1. The molecule has 0 saturated carbocycles. The normalized spacial score (nSPS) is 13.7. The van der Waals surface area contributed by atoms with Crippen LogP contribution in [0.15, 0.2) is 78.6 Å². The Labute approximate surface area is 187 Å². The highest BCUT2D eigenvalue weighted by atomic mass is 16.7. The lowest BCUT2D eigenvalue weighted by Crippen LogP contribution is -2.21. The molecular weight excluding hydrogens is 404 g/mol. The minimum atomic E-state index is -0.971. The number of aliphatic carboxylic acids is 1. The second-order valence-electron chi connectivity index (χ2n) is 7.64. The van der Waals surface area contributed by atoms with Gasteiger partial charge in [0.15, 0.2) is 6.61 Å². The number of carboxylic acids is 1. The number of nitrogens with one attached hydrogen (secondary N) is 1. The third-order valence-electron chi connectivity index (χ3n) is 5.44. The van der Waals surface area contributed by atoms with Gasteiger partial charge in [0.2, 0.25) is 0 Å². The number of nitrogens with zero attached hydrogens (tertiary/aromatic N) is 1. The van der Waals surface area contributed by atoms with Gasteiger partial charge in [0.05, 0.1) is 0 Å². The number of hydrogen-bond acceptors (Lipinski definition) is 5. The van der Waals surface area contributed by atoms with Gasteiger partial charge in [-0.25, -0.2) is 10.3 Å². The van der Waals surface area contributed by atoms with Crippen LogP contribution in [-0.4, -0.2) is 29.2 Å². The summed E-state index contributed by atoms with van der Waals surface area (Å²) in [7, 11) is 0. The van der Waals surface area contributed by atoms with Crippen LogP contribution in [0.25, 0.3) is 6.08 Å². The van der Waals surface area contributed by atoms with E-state index in [9.17, 15) is 4.79 Å². The number of rotatable bonds is 10. The third-order valence-corrected chi connectivity index (χ3v) is 5.44. The first-order valence-corrected chi connectivity index (χ1v) is 10.7. The van der Waals surface area contributed by atoms with Crippen molar-refractivity contribution in [2.45, 2.75) is 25.4 Å². The molecule has 0 aliphatic heterocycles. The van der Waals surface area contributed by atoms with E-state index in [4.69, 9.17) is 14.7 Å². The molecule has 164 valence electrons. The van der Waals surface area contributed by atoms with Gasteiger partial charge in [0.25, 0.3) is 0 Å². The smallest absolute Gasteiger partial charge is 0.341 e. The standard InChI is InChI=1S/C26H26N2O4/c29-25(30)18-31-24-8-4-7-22-17-19(9-10-23(22)24)11-16-28-32-26(20-5-2-1-3-6-20)21-12-14-27-15-13-21/h1-8,12-15,17,26,28H,9-11,16,18H2,(H,29,30). The Balaban J connectivity index is 1.36. The van der Waals surface area contributed by atoms with E-state index in [0.29, 0.717) is 12.3 Å². The summed E-state index contributed by atoms with van der Waals surface area (Å²) in [5, 5.41) is 8.87. The zero-order valence-corrected chi connectivity index (χ0v) is 17.7. The zero-order chi connectivity index (χ0) is 22.2. The first-order chi connectivity index (χ1) is 15.7. The zero-order valence-electron chi connectivity index (χ0n) is 17.7. The maximum absolute atomic E-state index is 10.8. The molecule has 1 aliphatic rings. The fourth-order valence-electron chi connectivity index (χ4n) is 3.88. The number of hydrogen-bond donors (Lipinski definition) is 2. The quantitative estimate of drug-likeness (QED) is 0.362. The molecule has 0 saturated heterocycles. The number of hydroxylamine groups is 1. The largest absolute Gasteiger partial charge is 0.482 e. The molecule has 32 heavy (non-hydrogen) atoms. The monoisotopic (exact) mass is 430 g/mol. The van der Waals surface area contributed by atoms with Gasteiger partial charge in [-0.2, -0.15) is 0 Å². The average molecular weight is 431 g/mol. The Kier molecular flexibility index (Phi) is 7.27. The highest BCUT2D eigenvalue weighted by Crippen LogP contribution is 2.32. The van der Waals surface area contributed by atoms with E-state index in [-0.39, 0.29) is 12.7 Å². The lowest BCUT2D eigenvalue weighted by atomic mass is 9.90. The summed E-state index contributed by atoms with van der Waals surface area (Å²) in [5.74, 6) is -0.314. The molecule has 1 aliphatic carbocycles. The second-order valence-corrected chi connectivity index (χ2v) is 7.64. The molecule has 1 heterocycles. The van der Waals surface area contributed by atoms with E-state index < -0.39 is 5.97 Å². The van der Waals surface area contributed by atoms with E-state index in [1.54, 1.807) is 12.4 Å². The number of pyridine rings is 1.